The number of carbonyl (C=O) groups excluding carboxylic acids is 2. The van der Waals surface area contributed by atoms with E-state index in [1.165, 1.54) is 6.42 Å². The molecule has 2 aliphatic rings. The average Bonchev–Trinajstić information content (AvgIpc) is 2.80. The van der Waals surface area contributed by atoms with Gasteiger partial charge in [-0.05, 0) is 31.9 Å². The van der Waals surface area contributed by atoms with Gasteiger partial charge >= 0.3 is 6.03 Å². The summed E-state index contributed by atoms with van der Waals surface area (Å²) in [5, 5.41) is 13.0. The Morgan fingerprint density at radius 1 is 1.24 bits per heavy atom. The summed E-state index contributed by atoms with van der Waals surface area (Å²) in [6.07, 6.45) is 5.32. The number of benzene rings is 1. The first kappa shape index (κ1) is 25.1. The van der Waals surface area contributed by atoms with Gasteiger partial charge in [-0.2, -0.15) is 0 Å². The summed E-state index contributed by atoms with van der Waals surface area (Å²) in [4.78, 5) is 31.6. The molecule has 1 aliphatic carbocycles. The van der Waals surface area contributed by atoms with Crippen LogP contribution in [0.2, 0.25) is 0 Å². The Bertz CT molecular complexity index is 825. The summed E-state index contributed by atoms with van der Waals surface area (Å²) in [6, 6.07) is 5.38. The van der Waals surface area contributed by atoms with Crippen molar-refractivity contribution in [2.45, 2.75) is 64.1 Å². The molecule has 1 aromatic carbocycles. The van der Waals surface area contributed by atoms with Gasteiger partial charge in [0.2, 0.25) is 0 Å². The molecule has 1 aromatic rings. The zero-order valence-corrected chi connectivity index (χ0v) is 20.7. The van der Waals surface area contributed by atoms with E-state index in [4.69, 9.17) is 4.74 Å². The number of carbonyl (C=O) groups is 2. The summed E-state index contributed by atoms with van der Waals surface area (Å²) in [7, 11) is 5.63. The van der Waals surface area contributed by atoms with Crippen LogP contribution in [0, 0.1) is 5.92 Å². The fraction of sp³-hybridized carbons (Fsp3) is 0.680. The lowest BCUT2D eigenvalue weighted by Crippen LogP contribution is -2.52. The molecule has 1 heterocycles. The van der Waals surface area contributed by atoms with Gasteiger partial charge in [0.15, 0.2) is 5.75 Å². The number of rotatable bonds is 6. The highest BCUT2D eigenvalue weighted by atomic mass is 16.5. The summed E-state index contributed by atoms with van der Waals surface area (Å²) in [5.74, 6) is 0.334. The van der Waals surface area contributed by atoms with E-state index in [-0.39, 0.29) is 42.7 Å². The van der Waals surface area contributed by atoms with Gasteiger partial charge in [-0.3, -0.25) is 4.79 Å². The highest BCUT2D eigenvalue weighted by Crippen LogP contribution is 2.36. The van der Waals surface area contributed by atoms with E-state index in [1.807, 2.05) is 45.0 Å². The van der Waals surface area contributed by atoms with Crippen molar-refractivity contribution in [3.63, 3.8) is 0 Å². The van der Waals surface area contributed by atoms with Crippen molar-refractivity contribution in [2.75, 3.05) is 45.7 Å². The molecule has 8 heteroatoms. The van der Waals surface area contributed by atoms with Crippen LogP contribution in [0.1, 0.15) is 56.3 Å². The van der Waals surface area contributed by atoms with Crippen LogP contribution in [0.25, 0.3) is 0 Å². The number of aliphatic hydroxyl groups is 1. The summed E-state index contributed by atoms with van der Waals surface area (Å²) >= 11 is 0. The van der Waals surface area contributed by atoms with Crippen molar-refractivity contribution in [1.82, 2.24) is 15.1 Å². The highest BCUT2D eigenvalue weighted by molar-refractivity contribution is 5.99. The number of amides is 3. The lowest BCUT2D eigenvalue weighted by atomic mass is 9.96. The molecule has 8 nitrogen and oxygen atoms in total. The zero-order chi connectivity index (χ0) is 24.1. The first-order valence-corrected chi connectivity index (χ1v) is 12.1. The van der Waals surface area contributed by atoms with Gasteiger partial charge in [0.1, 0.15) is 6.10 Å². The van der Waals surface area contributed by atoms with Crippen LogP contribution >= 0.6 is 0 Å². The minimum Gasteiger partial charge on any atom is -0.485 e. The molecular weight excluding hydrogens is 420 g/mol. The van der Waals surface area contributed by atoms with Crippen LogP contribution in [-0.4, -0.2) is 85.9 Å². The van der Waals surface area contributed by atoms with E-state index in [2.05, 4.69) is 5.32 Å². The maximum Gasteiger partial charge on any atom is 0.317 e. The number of urea groups is 1. The largest absolute Gasteiger partial charge is 0.485 e. The molecule has 33 heavy (non-hydrogen) atoms. The Kier molecular flexibility index (Phi) is 8.46. The number of likely N-dealkylation sites (N-methyl/N-ethyl adjacent to an activating group) is 1. The predicted molar refractivity (Wildman–Crippen MR) is 130 cm³/mol. The lowest BCUT2D eigenvalue weighted by Gasteiger charge is -2.39. The molecule has 0 unspecified atom stereocenters. The number of para-hydroxylation sites is 1. The highest BCUT2D eigenvalue weighted by Gasteiger charge is 2.35. The first-order chi connectivity index (χ1) is 15.7. The monoisotopic (exact) mass is 460 g/mol. The molecule has 0 bridgehead atoms. The fourth-order valence-corrected chi connectivity index (χ4v) is 4.68. The topological polar surface area (TPSA) is 85.4 Å². The SMILES string of the molecule is C[C@H]1CN([C@@H](C)CO)C(=O)c2cccc(N(C)C)c2O[C@H]1CN(C)C(=O)NC1CCCCC1. The number of anilines is 1. The van der Waals surface area contributed by atoms with Crippen LogP contribution in [0.4, 0.5) is 10.5 Å². The van der Waals surface area contributed by atoms with Gasteiger partial charge in [0.05, 0.1) is 30.4 Å². The van der Waals surface area contributed by atoms with Gasteiger partial charge in [0, 0.05) is 39.6 Å². The zero-order valence-electron chi connectivity index (χ0n) is 20.7. The quantitative estimate of drug-likeness (QED) is 0.682. The number of hydrogen-bond donors (Lipinski definition) is 2. The maximum atomic E-state index is 13.4. The van der Waals surface area contributed by atoms with Crippen LogP contribution < -0.4 is 15.0 Å². The van der Waals surface area contributed by atoms with Crippen molar-refractivity contribution < 1.29 is 19.4 Å². The Balaban J connectivity index is 1.86. The fourth-order valence-electron chi connectivity index (χ4n) is 4.68. The molecule has 3 amide bonds. The second-order valence-electron chi connectivity index (χ2n) is 9.84. The molecular formula is C25H40N4O4. The number of nitrogens with one attached hydrogen (secondary N) is 1. The molecule has 0 aromatic heterocycles. The number of fused-ring (bicyclic) bond motifs is 1. The Hall–Kier alpha value is -2.48. The standard InChI is InChI=1S/C25H40N4O4/c1-17-14-29(18(2)16-30)24(31)20-12-9-13-21(27(3)4)23(20)33-22(17)15-28(5)25(32)26-19-10-7-6-8-11-19/h9,12-13,17-19,22,30H,6-8,10-11,14-16H2,1-5H3,(H,26,32)/t17-,18-,22-/m0/s1. The number of nitrogens with zero attached hydrogens (tertiary/aromatic N) is 3. The van der Waals surface area contributed by atoms with Gasteiger partial charge in [0.25, 0.3) is 5.91 Å². The molecule has 184 valence electrons. The Morgan fingerprint density at radius 2 is 1.94 bits per heavy atom. The van der Waals surface area contributed by atoms with E-state index in [9.17, 15) is 14.7 Å². The predicted octanol–water partition coefficient (Wildman–Crippen LogP) is 2.95. The molecule has 1 saturated carbocycles. The molecule has 0 radical (unpaired) electrons. The van der Waals surface area contributed by atoms with Crippen molar-refractivity contribution in [1.29, 1.82) is 0 Å². The van der Waals surface area contributed by atoms with E-state index < -0.39 is 0 Å². The van der Waals surface area contributed by atoms with E-state index in [0.717, 1.165) is 31.4 Å². The third kappa shape index (κ3) is 5.91. The van der Waals surface area contributed by atoms with Crippen molar-refractivity contribution in [3.8, 4) is 5.75 Å². The van der Waals surface area contributed by atoms with Gasteiger partial charge in [-0.1, -0.05) is 32.3 Å². The van der Waals surface area contributed by atoms with Crippen molar-refractivity contribution in [2.24, 2.45) is 5.92 Å². The minimum atomic E-state index is -0.318. The van der Waals surface area contributed by atoms with Crippen molar-refractivity contribution >= 4 is 17.6 Å². The normalized spacial score (nSPS) is 22.5. The molecule has 3 rings (SSSR count). The van der Waals surface area contributed by atoms with E-state index in [1.54, 1.807) is 22.9 Å². The van der Waals surface area contributed by atoms with Crippen LogP contribution in [-0.2, 0) is 0 Å². The lowest BCUT2D eigenvalue weighted by molar-refractivity contribution is 0.0367. The minimum absolute atomic E-state index is 0.0451. The molecule has 3 atom stereocenters. The van der Waals surface area contributed by atoms with E-state index >= 15 is 0 Å². The second kappa shape index (κ2) is 11.1. The van der Waals surface area contributed by atoms with Gasteiger partial charge in [-0.15, -0.1) is 0 Å². The second-order valence-corrected chi connectivity index (χ2v) is 9.84. The summed E-state index contributed by atoms with van der Waals surface area (Å²) in [5.41, 5.74) is 1.29. The number of aliphatic hydroxyl groups excluding tert-OH is 1. The molecule has 1 fully saturated rings. The maximum absolute atomic E-state index is 13.4. The van der Waals surface area contributed by atoms with Crippen LogP contribution in [0.5, 0.6) is 5.75 Å². The first-order valence-electron chi connectivity index (χ1n) is 12.1. The molecule has 0 saturated heterocycles. The smallest absolute Gasteiger partial charge is 0.317 e. The van der Waals surface area contributed by atoms with E-state index in [0.29, 0.717) is 24.4 Å². The van der Waals surface area contributed by atoms with Crippen LogP contribution in [0.15, 0.2) is 18.2 Å². The number of hydrogen-bond acceptors (Lipinski definition) is 5. The van der Waals surface area contributed by atoms with Crippen molar-refractivity contribution in [3.05, 3.63) is 23.8 Å². The summed E-state index contributed by atoms with van der Waals surface area (Å²) in [6.45, 7) is 4.61. The van der Waals surface area contributed by atoms with Gasteiger partial charge in [-0.25, -0.2) is 4.79 Å². The molecule has 0 spiro atoms. The molecule has 1 aliphatic heterocycles. The Morgan fingerprint density at radius 3 is 2.58 bits per heavy atom. The molecule has 2 N–H and O–H groups in total. The number of ether oxygens (including phenoxy) is 1. The van der Waals surface area contributed by atoms with Gasteiger partial charge < -0.3 is 29.9 Å². The Labute approximate surface area is 197 Å². The van der Waals surface area contributed by atoms with Crippen LogP contribution in [0.3, 0.4) is 0 Å². The third-order valence-electron chi connectivity index (χ3n) is 6.89. The third-order valence-corrected chi connectivity index (χ3v) is 6.89. The average molecular weight is 461 g/mol. The summed E-state index contributed by atoms with van der Waals surface area (Å²) < 4.78 is 6.51.